The molecule has 0 fully saturated rings. The van der Waals surface area contributed by atoms with Crippen molar-refractivity contribution in [1.82, 2.24) is 4.31 Å². The number of benzene rings is 3. The van der Waals surface area contributed by atoms with Crippen molar-refractivity contribution in [3.63, 3.8) is 0 Å². The van der Waals surface area contributed by atoms with Gasteiger partial charge in [-0.2, -0.15) is 4.31 Å². The summed E-state index contributed by atoms with van der Waals surface area (Å²) in [5, 5.41) is 2.84. The number of halogens is 3. The largest absolute Gasteiger partial charge is 0.322 e. The fourth-order valence-electron chi connectivity index (χ4n) is 2.88. The van der Waals surface area contributed by atoms with Crippen LogP contribution in [0.4, 0.5) is 10.1 Å². The zero-order chi connectivity index (χ0) is 22.4. The van der Waals surface area contributed by atoms with Crippen LogP contribution in [0.3, 0.4) is 0 Å². The van der Waals surface area contributed by atoms with Gasteiger partial charge in [-0.05, 0) is 54.4 Å². The van der Waals surface area contributed by atoms with Gasteiger partial charge in [-0.25, -0.2) is 12.8 Å². The summed E-state index contributed by atoms with van der Waals surface area (Å²) in [6.07, 6.45) is 0.410. The average molecular weight is 526 g/mol. The number of carbonyl (C=O) groups is 1. The Kier molecular flexibility index (Phi) is 7.83. The van der Waals surface area contributed by atoms with Crippen LogP contribution in [0, 0.1) is 5.82 Å². The Labute approximate surface area is 194 Å². The summed E-state index contributed by atoms with van der Waals surface area (Å²) < 4.78 is 42.0. The fraction of sp³-hybridized carbons (Fsp3) is 0.136. The second-order valence-corrected chi connectivity index (χ2v) is 9.99. The molecule has 0 aromatic heterocycles. The third-order valence-electron chi connectivity index (χ3n) is 4.47. The first-order valence-corrected chi connectivity index (χ1v) is 11.9. The summed E-state index contributed by atoms with van der Waals surface area (Å²) in [6.45, 7) is -0.390. The van der Waals surface area contributed by atoms with Gasteiger partial charge < -0.3 is 5.32 Å². The SMILES string of the molecule is O=C(CN(CCc1ccccc1)S(=O)(=O)c1ccc(Cl)cc1)Nc1ccc(Br)cc1F. The zero-order valence-corrected chi connectivity index (χ0v) is 19.4. The molecule has 31 heavy (non-hydrogen) atoms. The van der Waals surface area contributed by atoms with Crippen molar-refractivity contribution in [1.29, 1.82) is 0 Å². The van der Waals surface area contributed by atoms with Crippen LogP contribution in [-0.4, -0.2) is 31.7 Å². The van der Waals surface area contributed by atoms with Gasteiger partial charge in [-0.15, -0.1) is 0 Å². The van der Waals surface area contributed by atoms with E-state index in [9.17, 15) is 17.6 Å². The lowest BCUT2D eigenvalue weighted by Crippen LogP contribution is -2.39. The van der Waals surface area contributed by atoms with Crippen molar-refractivity contribution >= 4 is 49.1 Å². The Morgan fingerprint density at radius 3 is 2.35 bits per heavy atom. The zero-order valence-electron chi connectivity index (χ0n) is 16.3. The third kappa shape index (κ3) is 6.36. The summed E-state index contributed by atoms with van der Waals surface area (Å²) in [5.41, 5.74) is 0.901. The van der Waals surface area contributed by atoms with E-state index in [1.165, 1.54) is 36.4 Å². The first kappa shape index (κ1) is 23.4. The number of amides is 1. The van der Waals surface area contributed by atoms with Gasteiger partial charge in [-0.1, -0.05) is 57.9 Å². The number of hydrogen-bond donors (Lipinski definition) is 1. The van der Waals surface area contributed by atoms with Crippen molar-refractivity contribution in [2.24, 2.45) is 0 Å². The Morgan fingerprint density at radius 1 is 1.03 bits per heavy atom. The molecular weight excluding hydrogens is 507 g/mol. The van der Waals surface area contributed by atoms with Crippen LogP contribution in [0.2, 0.25) is 5.02 Å². The predicted octanol–water partition coefficient (Wildman–Crippen LogP) is 5.11. The third-order valence-corrected chi connectivity index (χ3v) is 7.07. The number of hydrogen-bond acceptors (Lipinski definition) is 3. The molecule has 3 rings (SSSR count). The summed E-state index contributed by atoms with van der Waals surface area (Å²) in [6, 6.07) is 19.3. The monoisotopic (exact) mass is 524 g/mol. The van der Waals surface area contributed by atoms with Gasteiger partial charge in [-0.3, -0.25) is 4.79 Å². The minimum atomic E-state index is -3.98. The van der Waals surface area contributed by atoms with Crippen LogP contribution < -0.4 is 5.32 Å². The van der Waals surface area contributed by atoms with Crippen molar-refractivity contribution in [3.8, 4) is 0 Å². The maximum atomic E-state index is 14.1. The molecule has 0 bridgehead atoms. The van der Waals surface area contributed by atoms with Crippen LogP contribution >= 0.6 is 27.5 Å². The Balaban J connectivity index is 1.82. The summed E-state index contributed by atoms with van der Waals surface area (Å²) in [5.74, 6) is -1.27. The van der Waals surface area contributed by atoms with Crippen molar-refractivity contribution in [2.75, 3.05) is 18.4 Å². The fourth-order valence-corrected chi connectivity index (χ4v) is 4.74. The summed E-state index contributed by atoms with van der Waals surface area (Å²) in [4.78, 5) is 12.6. The number of rotatable bonds is 8. The van der Waals surface area contributed by atoms with Gasteiger partial charge in [0.1, 0.15) is 5.82 Å². The molecular formula is C22H19BrClFN2O3S. The highest BCUT2D eigenvalue weighted by Crippen LogP contribution is 2.21. The van der Waals surface area contributed by atoms with Gasteiger partial charge in [0.15, 0.2) is 0 Å². The first-order chi connectivity index (χ1) is 14.8. The highest BCUT2D eigenvalue weighted by molar-refractivity contribution is 9.10. The van der Waals surface area contributed by atoms with E-state index in [1.54, 1.807) is 6.07 Å². The molecule has 0 saturated heterocycles. The molecule has 0 spiro atoms. The molecule has 3 aromatic rings. The molecule has 0 aliphatic heterocycles. The van der Waals surface area contributed by atoms with E-state index in [1.807, 2.05) is 30.3 Å². The number of nitrogens with one attached hydrogen (secondary N) is 1. The molecule has 0 heterocycles. The smallest absolute Gasteiger partial charge is 0.243 e. The van der Waals surface area contributed by atoms with E-state index in [4.69, 9.17) is 11.6 Å². The first-order valence-electron chi connectivity index (χ1n) is 9.30. The highest BCUT2D eigenvalue weighted by Gasteiger charge is 2.27. The standard InChI is InChI=1S/C22H19BrClFN2O3S/c23-17-6-11-21(20(25)14-17)26-22(28)15-27(13-12-16-4-2-1-3-5-16)31(29,30)19-9-7-18(24)8-10-19/h1-11,14H,12-13,15H2,(H,26,28). The average Bonchev–Trinajstić information content (AvgIpc) is 2.74. The molecule has 3 aromatic carbocycles. The van der Waals surface area contributed by atoms with E-state index in [0.717, 1.165) is 9.87 Å². The van der Waals surface area contributed by atoms with Crippen LogP contribution in [0.25, 0.3) is 0 Å². The number of anilines is 1. The van der Waals surface area contributed by atoms with E-state index >= 15 is 0 Å². The Hall–Kier alpha value is -2.26. The summed E-state index contributed by atoms with van der Waals surface area (Å²) >= 11 is 9.02. The number of nitrogens with zero attached hydrogens (tertiary/aromatic N) is 1. The molecule has 1 N–H and O–H groups in total. The van der Waals surface area contributed by atoms with Gasteiger partial charge in [0.25, 0.3) is 0 Å². The van der Waals surface area contributed by atoms with Crippen molar-refractivity contribution in [3.05, 3.63) is 93.7 Å². The molecule has 0 aliphatic carbocycles. The minimum Gasteiger partial charge on any atom is -0.322 e. The molecule has 0 saturated carbocycles. The van der Waals surface area contributed by atoms with Crippen LogP contribution in [0.15, 0.2) is 82.2 Å². The summed E-state index contributed by atoms with van der Waals surface area (Å²) in [7, 11) is -3.98. The van der Waals surface area contributed by atoms with Gasteiger partial charge in [0.05, 0.1) is 17.1 Å². The number of sulfonamides is 1. The molecule has 162 valence electrons. The van der Waals surface area contributed by atoms with Crippen molar-refractivity contribution < 1.29 is 17.6 Å². The molecule has 5 nitrogen and oxygen atoms in total. The second-order valence-electron chi connectivity index (χ2n) is 6.70. The molecule has 0 unspecified atom stereocenters. The van der Waals surface area contributed by atoms with Gasteiger partial charge >= 0.3 is 0 Å². The number of carbonyl (C=O) groups excluding carboxylic acids is 1. The van der Waals surface area contributed by atoms with Gasteiger partial charge in [0.2, 0.25) is 15.9 Å². The highest BCUT2D eigenvalue weighted by atomic mass is 79.9. The Morgan fingerprint density at radius 2 is 1.71 bits per heavy atom. The minimum absolute atomic E-state index is 0.0209. The van der Waals surface area contributed by atoms with Crippen molar-refractivity contribution in [2.45, 2.75) is 11.3 Å². The van der Waals surface area contributed by atoms with Gasteiger partial charge in [0, 0.05) is 16.0 Å². The van der Waals surface area contributed by atoms with E-state index < -0.39 is 28.3 Å². The molecule has 1 amide bonds. The van der Waals surface area contributed by atoms with Crippen LogP contribution in [0.5, 0.6) is 0 Å². The molecule has 0 atom stereocenters. The van der Waals surface area contributed by atoms with E-state index in [-0.39, 0.29) is 17.1 Å². The van der Waals surface area contributed by atoms with Crippen LogP contribution in [0.1, 0.15) is 5.56 Å². The topological polar surface area (TPSA) is 66.5 Å². The van der Waals surface area contributed by atoms with E-state index in [2.05, 4.69) is 21.2 Å². The molecule has 0 aliphatic rings. The molecule has 9 heteroatoms. The lowest BCUT2D eigenvalue weighted by Gasteiger charge is -2.22. The lowest BCUT2D eigenvalue weighted by atomic mass is 10.1. The second kappa shape index (κ2) is 10.4. The predicted molar refractivity (Wildman–Crippen MR) is 123 cm³/mol. The maximum Gasteiger partial charge on any atom is 0.243 e. The molecule has 0 radical (unpaired) electrons. The lowest BCUT2D eigenvalue weighted by molar-refractivity contribution is -0.116. The quantitative estimate of drug-likeness (QED) is 0.444. The Bertz CT molecular complexity index is 1160. The van der Waals surface area contributed by atoms with E-state index in [0.29, 0.717) is 15.9 Å². The maximum absolute atomic E-state index is 14.1. The van der Waals surface area contributed by atoms with Crippen LogP contribution in [-0.2, 0) is 21.2 Å². The normalized spacial score (nSPS) is 11.5.